The number of pyridine rings is 1. The average Bonchev–Trinajstić information content (AvgIpc) is 3.15. The van der Waals surface area contributed by atoms with Crippen LogP contribution in [0.3, 0.4) is 0 Å². The summed E-state index contributed by atoms with van der Waals surface area (Å²) in [5.74, 6) is 0. The normalized spacial score (nSPS) is 14.5. The molecule has 168 valence electrons. The Morgan fingerprint density at radius 3 is 2.16 bits per heavy atom. The van der Waals surface area contributed by atoms with Crippen LogP contribution in [-0.2, 0) is 18.6 Å². The first-order chi connectivity index (χ1) is 15.0. The van der Waals surface area contributed by atoms with E-state index in [1.165, 1.54) is 12.1 Å². The van der Waals surface area contributed by atoms with Crippen molar-refractivity contribution in [2.75, 3.05) is 11.4 Å². The molecule has 0 unspecified atom stereocenters. The number of aliphatic hydroxyl groups is 1. The highest BCUT2D eigenvalue weighted by molar-refractivity contribution is 5.68. The summed E-state index contributed by atoms with van der Waals surface area (Å²) in [5, 5.41) is 9.52. The lowest BCUT2D eigenvalue weighted by molar-refractivity contribution is -0.376. The van der Waals surface area contributed by atoms with E-state index in [4.69, 9.17) is 0 Å². The highest BCUT2D eigenvalue weighted by atomic mass is 19.4. The molecule has 0 spiro atoms. The van der Waals surface area contributed by atoms with Crippen LogP contribution < -0.4 is 4.90 Å². The van der Waals surface area contributed by atoms with E-state index in [2.05, 4.69) is 4.98 Å². The number of benzene rings is 2. The Hall–Kier alpha value is -3.07. The Balaban J connectivity index is 1.55. The minimum atomic E-state index is -5.90. The first kappa shape index (κ1) is 22.1. The summed E-state index contributed by atoms with van der Waals surface area (Å²) in [7, 11) is 0. The summed E-state index contributed by atoms with van der Waals surface area (Å²) in [4.78, 5) is 6.34. The quantitative estimate of drug-likeness (QED) is 0.522. The maximum Gasteiger partial charge on any atom is 0.430 e. The summed E-state index contributed by atoms with van der Waals surface area (Å²) in [5.41, 5.74) is -1.80. The van der Waals surface area contributed by atoms with E-state index in [-0.39, 0.29) is 0 Å². The van der Waals surface area contributed by atoms with Gasteiger partial charge in [0.15, 0.2) is 0 Å². The zero-order valence-electron chi connectivity index (χ0n) is 16.6. The van der Waals surface area contributed by atoms with Gasteiger partial charge in [-0.2, -0.15) is 26.3 Å². The lowest BCUT2D eigenvalue weighted by Gasteiger charge is -2.32. The van der Waals surface area contributed by atoms with Gasteiger partial charge in [-0.1, -0.05) is 36.4 Å². The molecule has 1 aromatic heterocycles. The van der Waals surface area contributed by atoms with Crippen LogP contribution in [0.4, 0.5) is 32.0 Å². The second kappa shape index (κ2) is 7.81. The number of rotatable bonds is 4. The highest BCUT2D eigenvalue weighted by Gasteiger charge is 2.71. The molecule has 3 aromatic rings. The van der Waals surface area contributed by atoms with Crippen LogP contribution in [0.25, 0.3) is 11.3 Å². The van der Waals surface area contributed by atoms with Crippen molar-refractivity contribution < 1.29 is 31.4 Å². The van der Waals surface area contributed by atoms with Gasteiger partial charge in [-0.25, -0.2) is 0 Å². The summed E-state index contributed by atoms with van der Waals surface area (Å²) in [6, 6.07) is 15.2. The second-order valence-corrected chi connectivity index (χ2v) is 7.63. The molecule has 0 atom stereocenters. The SMILES string of the molecule is OC(c1ccc(CN2CCc3cc(-c4ccccn4)ccc32)cc1)(C(F)(F)F)C(F)(F)F. The lowest BCUT2D eigenvalue weighted by atomic mass is 9.91. The molecule has 1 aliphatic rings. The van der Waals surface area contributed by atoms with Crippen LogP contribution in [0.5, 0.6) is 0 Å². The fourth-order valence-electron chi connectivity index (χ4n) is 3.89. The summed E-state index contributed by atoms with van der Waals surface area (Å²) < 4.78 is 78.3. The van der Waals surface area contributed by atoms with Gasteiger partial charge in [-0.15, -0.1) is 0 Å². The molecule has 2 heterocycles. The Labute approximate surface area is 179 Å². The van der Waals surface area contributed by atoms with Crippen LogP contribution in [0.2, 0.25) is 0 Å². The standard InChI is InChI=1S/C23H18F6N2O/c24-22(25,26)21(32,23(27,28)29)18-7-4-15(5-8-18)14-31-12-10-17-13-16(6-9-20(17)31)19-3-1-2-11-30-19/h1-9,11,13,32H,10,12,14H2. The molecule has 32 heavy (non-hydrogen) atoms. The fraction of sp³-hybridized carbons (Fsp3) is 0.261. The van der Waals surface area contributed by atoms with E-state index < -0.39 is 23.5 Å². The largest absolute Gasteiger partial charge is 0.430 e. The summed E-state index contributed by atoms with van der Waals surface area (Å²) in [6.07, 6.45) is -9.33. The monoisotopic (exact) mass is 452 g/mol. The van der Waals surface area contributed by atoms with Crippen molar-refractivity contribution in [1.82, 2.24) is 4.98 Å². The van der Waals surface area contributed by atoms with E-state index in [0.717, 1.165) is 28.9 Å². The lowest BCUT2D eigenvalue weighted by Crippen LogP contribution is -2.53. The third-order valence-corrected chi connectivity index (χ3v) is 5.60. The van der Waals surface area contributed by atoms with Gasteiger partial charge < -0.3 is 10.0 Å². The molecule has 0 saturated heterocycles. The van der Waals surface area contributed by atoms with Crippen molar-refractivity contribution in [2.45, 2.75) is 30.9 Å². The number of halogens is 6. The summed E-state index contributed by atoms with van der Waals surface area (Å²) in [6.45, 7) is 0.977. The molecular formula is C23H18F6N2O. The molecule has 1 aliphatic heterocycles. The first-order valence-corrected chi connectivity index (χ1v) is 9.75. The van der Waals surface area contributed by atoms with Gasteiger partial charge in [0, 0.05) is 36.1 Å². The van der Waals surface area contributed by atoms with Crippen LogP contribution in [-0.4, -0.2) is 29.0 Å². The van der Waals surface area contributed by atoms with Crippen molar-refractivity contribution in [1.29, 1.82) is 0 Å². The minimum Gasteiger partial charge on any atom is -0.369 e. The molecule has 0 aliphatic carbocycles. The number of aromatic nitrogens is 1. The zero-order chi connectivity index (χ0) is 23.1. The number of alkyl halides is 6. The van der Waals surface area contributed by atoms with Crippen molar-refractivity contribution in [3.8, 4) is 11.3 Å². The van der Waals surface area contributed by atoms with Gasteiger partial charge in [0.25, 0.3) is 5.60 Å². The third kappa shape index (κ3) is 3.81. The Kier molecular flexibility index (Phi) is 5.40. The molecule has 3 nitrogen and oxygen atoms in total. The molecule has 0 saturated carbocycles. The molecule has 4 rings (SSSR count). The topological polar surface area (TPSA) is 36.4 Å². The van der Waals surface area contributed by atoms with E-state index in [1.54, 1.807) is 6.20 Å². The zero-order valence-corrected chi connectivity index (χ0v) is 16.6. The average molecular weight is 452 g/mol. The molecular weight excluding hydrogens is 434 g/mol. The van der Waals surface area contributed by atoms with Gasteiger partial charge in [-0.05, 0) is 41.8 Å². The van der Waals surface area contributed by atoms with Crippen molar-refractivity contribution >= 4 is 5.69 Å². The van der Waals surface area contributed by atoms with Crippen molar-refractivity contribution in [2.24, 2.45) is 0 Å². The van der Waals surface area contributed by atoms with Crippen molar-refractivity contribution in [3.05, 3.63) is 83.6 Å². The van der Waals surface area contributed by atoms with E-state index in [1.807, 2.05) is 41.3 Å². The van der Waals surface area contributed by atoms with E-state index >= 15 is 0 Å². The molecule has 1 N–H and O–H groups in total. The predicted molar refractivity (Wildman–Crippen MR) is 107 cm³/mol. The smallest absolute Gasteiger partial charge is 0.369 e. The van der Waals surface area contributed by atoms with Gasteiger partial charge in [0.1, 0.15) is 0 Å². The van der Waals surface area contributed by atoms with Crippen LogP contribution in [0.1, 0.15) is 16.7 Å². The number of hydrogen-bond acceptors (Lipinski definition) is 3. The maximum atomic E-state index is 13.1. The number of hydrogen-bond donors (Lipinski definition) is 1. The molecule has 2 aromatic carbocycles. The molecule has 0 fully saturated rings. The highest BCUT2D eigenvalue weighted by Crippen LogP contribution is 2.50. The predicted octanol–water partition coefficient (Wildman–Crippen LogP) is 5.62. The first-order valence-electron chi connectivity index (χ1n) is 9.75. The van der Waals surface area contributed by atoms with Gasteiger partial charge in [0.05, 0.1) is 5.69 Å². The number of fused-ring (bicyclic) bond motifs is 1. The Morgan fingerprint density at radius 1 is 0.875 bits per heavy atom. The Morgan fingerprint density at radius 2 is 1.56 bits per heavy atom. The van der Waals surface area contributed by atoms with Crippen LogP contribution in [0.15, 0.2) is 66.9 Å². The van der Waals surface area contributed by atoms with Crippen LogP contribution >= 0.6 is 0 Å². The third-order valence-electron chi connectivity index (χ3n) is 5.60. The van der Waals surface area contributed by atoms with E-state index in [0.29, 0.717) is 30.8 Å². The molecule has 9 heteroatoms. The van der Waals surface area contributed by atoms with Crippen molar-refractivity contribution in [3.63, 3.8) is 0 Å². The summed E-state index contributed by atoms with van der Waals surface area (Å²) >= 11 is 0. The van der Waals surface area contributed by atoms with Gasteiger partial charge >= 0.3 is 12.4 Å². The van der Waals surface area contributed by atoms with Gasteiger partial charge in [-0.3, -0.25) is 4.98 Å². The van der Waals surface area contributed by atoms with Gasteiger partial charge in [0.2, 0.25) is 0 Å². The van der Waals surface area contributed by atoms with Crippen LogP contribution in [0, 0.1) is 0 Å². The fourth-order valence-corrected chi connectivity index (χ4v) is 3.89. The molecule has 0 amide bonds. The number of nitrogens with zero attached hydrogens (tertiary/aromatic N) is 2. The second-order valence-electron chi connectivity index (χ2n) is 7.63. The molecule has 0 radical (unpaired) electrons. The van der Waals surface area contributed by atoms with E-state index in [9.17, 15) is 31.4 Å². The number of anilines is 1. The minimum absolute atomic E-state index is 0.312. The Bertz CT molecular complexity index is 1080. The maximum absolute atomic E-state index is 13.1. The molecule has 0 bridgehead atoms.